The molecule has 0 aliphatic carbocycles. The molecule has 0 fully saturated rings. The first-order chi connectivity index (χ1) is 11.7. The van der Waals surface area contributed by atoms with Gasteiger partial charge < -0.3 is 35.6 Å². The molecule has 0 rings (SSSR count). The van der Waals surface area contributed by atoms with Crippen LogP contribution < -0.4 is 5.32 Å². The Morgan fingerprint density at radius 3 is 1.92 bits per heavy atom. The van der Waals surface area contributed by atoms with E-state index in [1.807, 2.05) is 0 Å². The summed E-state index contributed by atoms with van der Waals surface area (Å²) in [5, 5.41) is 46.0. The van der Waals surface area contributed by atoms with Gasteiger partial charge in [-0.2, -0.15) is 0 Å². The summed E-state index contributed by atoms with van der Waals surface area (Å²) in [5.41, 5.74) is 0. The summed E-state index contributed by atoms with van der Waals surface area (Å²) in [4.78, 5) is 30.4. The molecule has 0 radical (unpaired) electrons. The fourth-order valence-corrected chi connectivity index (χ4v) is 1.79. The number of hydrogen-bond acceptors (Lipinski definition) is 7. The van der Waals surface area contributed by atoms with Crippen molar-refractivity contribution >= 4 is 18.2 Å². The first-order valence-corrected chi connectivity index (χ1v) is 8.33. The molecule has 25 heavy (non-hydrogen) atoms. The Labute approximate surface area is 147 Å². The fourth-order valence-electron chi connectivity index (χ4n) is 1.79. The highest BCUT2D eigenvalue weighted by Crippen LogP contribution is 2.04. The Morgan fingerprint density at radius 1 is 0.960 bits per heavy atom. The molecule has 148 valence electrons. The summed E-state index contributed by atoms with van der Waals surface area (Å²) >= 11 is 0. The van der Waals surface area contributed by atoms with Gasteiger partial charge in [0.1, 0.15) is 18.3 Å². The van der Waals surface area contributed by atoms with Gasteiger partial charge in [0.15, 0.2) is 12.4 Å². The smallest absolute Gasteiger partial charge is 0.335 e. The second-order valence-corrected chi connectivity index (χ2v) is 5.64. The van der Waals surface area contributed by atoms with E-state index in [-0.39, 0.29) is 12.2 Å². The van der Waals surface area contributed by atoms with Crippen molar-refractivity contribution in [3.63, 3.8) is 0 Å². The number of aldehydes is 1. The van der Waals surface area contributed by atoms with E-state index in [0.717, 1.165) is 13.0 Å². The van der Waals surface area contributed by atoms with E-state index in [1.54, 1.807) is 6.92 Å². The van der Waals surface area contributed by atoms with E-state index < -0.39 is 30.4 Å². The van der Waals surface area contributed by atoms with E-state index in [0.29, 0.717) is 0 Å². The van der Waals surface area contributed by atoms with Gasteiger partial charge in [-0.05, 0) is 6.42 Å². The van der Waals surface area contributed by atoms with E-state index in [2.05, 4.69) is 12.2 Å². The standard InChI is InChI=1S/C10H21NO.C6H10O7/c1-3-4-5-6-7-8-9-11-10(2)12;7-1-2(8)3(9)4(10)5(11)6(12)13/h3-9H2,1-2H3,(H,11,12);1-5,8-11H,(H,12,13)/t;2-,3+,4+,5-/m.0/s1. The number of hydrogen-bond donors (Lipinski definition) is 6. The molecule has 0 aliphatic rings. The van der Waals surface area contributed by atoms with Crippen molar-refractivity contribution in [3.05, 3.63) is 0 Å². The number of aliphatic hydroxyl groups excluding tert-OH is 4. The minimum Gasteiger partial charge on any atom is -0.479 e. The van der Waals surface area contributed by atoms with E-state index >= 15 is 0 Å². The van der Waals surface area contributed by atoms with Crippen LogP contribution >= 0.6 is 0 Å². The molecule has 9 nitrogen and oxygen atoms in total. The molecule has 4 atom stereocenters. The van der Waals surface area contributed by atoms with Gasteiger partial charge in [0.05, 0.1) is 0 Å². The highest BCUT2D eigenvalue weighted by molar-refractivity contribution is 5.73. The van der Waals surface area contributed by atoms with Crippen LogP contribution in [0.4, 0.5) is 0 Å². The number of unbranched alkanes of at least 4 members (excludes halogenated alkanes) is 5. The Morgan fingerprint density at radius 2 is 1.48 bits per heavy atom. The average molecular weight is 365 g/mol. The number of rotatable bonds is 12. The van der Waals surface area contributed by atoms with Crippen LogP contribution in [0.3, 0.4) is 0 Å². The molecule has 0 spiro atoms. The van der Waals surface area contributed by atoms with Crippen molar-refractivity contribution in [2.24, 2.45) is 0 Å². The van der Waals surface area contributed by atoms with E-state index in [4.69, 9.17) is 25.5 Å². The lowest BCUT2D eigenvalue weighted by molar-refractivity contribution is -0.163. The summed E-state index contributed by atoms with van der Waals surface area (Å²) in [5.74, 6) is -1.67. The Balaban J connectivity index is 0. The van der Waals surface area contributed by atoms with Crippen LogP contribution in [-0.4, -0.2) is 74.7 Å². The molecular formula is C16H31NO8. The first-order valence-electron chi connectivity index (χ1n) is 8.33. The molecular weight excluding hydrogens is 334 g/mol. The molecule has 0 saturated heterocycles. The first kappa shape index (κ1) is 25.7. The van der Waals surface area contributed by atoms with Crippen LogP contribution in [0.15, 0.2) is 0 Å². The average Bonchev–Trinajstić information content (AvgIpc) is 2.58. The summed E-state index contributed by atoms with van der Waals surface area (Å²) in [6.45, 7) is 4.63. The molecule has 0 aromatic rings. The minimum absolute atomic E-state index is 0.0809. The zero-order chi connectivity index (χ0) is 19.8. The number of amides is 1. The number of carboxylic acid groups (broad SMARTS) is 1. The van der Waals surface area contributed by atoms with Crippen molar-refractivity contribution in [2.45, 2.75) is 76.8 Å². The number of nitrogens with one attached hydrogen (secondary N) is 1. The van der Waals surface area contributed by atoms with Crippen molar-refractivity contribution < 1.29 is 39.9 Å². The SMILES string of the molecule is CCCCCCCCNC(C)=O.O=C[C@H](O)[C@@H](O)[C@@H](O)[C@H](O)C(=O)O. The monoisotopic (exact) mass is 365 g/mol. The van der Waals surface area contributed by atoms with Gasteiger partial charge in [-0.25, -0.2) is 4.79 Å². The van der Waals surface area contributed by atoms with Gasteiger partial charge in [-0.15, -0.1) is 0 Å². The van der Waals surface area contributed by atoms with Gasteiger partial charge in [-0.1, -0.05) is 39.0 Å². The largest absolute Gasteiger partial charge is 0.479 e. The predicted molar refractivity (Wildman–Crippen MR) is 89.8 cm³/mol. The second kappa shape index (κ2) is 15.9. The van der Waals surface area contributed by atoms with Crippen molar-refractivity contribution in [2.75, 3.05) is 6.54 Å². The quantitative estimate of drug-likeness (QED) is 0.193. The molecule has 0 unspecified atom stereocenters. The Kier molecular flexibility index (Phi) is 16.4. The molecule has 1 amide bonds. The van der Waals surface area contributed by atoms with Crippen molar-refractivity contribution in [1.82, 2.24) is 5.32 Å². The van der Waals surface area contributed by atoms with Gasteiger partial charge in [-0.3, -0.25) is 4.79 Å². The van der Waals surface area contributed by atoms with Gasteiger partial charge in [0, 0.05) is 13.5 Å². The predicted octanol–water partition coefficient (Wildman–Crippen LogP) is -0.803. The summed E-state index contributed by atoms with van der Waals surface area (Å²) in [6.07, 6.45) is -0.711. The zero-order valence-corrected chi connectivity index (χ0v) is 14.8. The fraction of sp³-hybridized carbons (Fsp3) is 0.812. The van der Waals surface area contributed by atoms with E-state index in [9.17, 15) is 14.4 Å². The van der Waals surface area contributed by atoms with Crippen LogP contribution in [0.5, 0.6) is 0 Å². The van der Waals surface area contributed by atoms with Gasteiger partial charge in [0.25, 0.3) is 0 Å². The van der Waals surface area contributed by atoms with Crippen LogP contribution in [0.2, 0.25) is 0 Å². The number of aliphatic carboxylic acids is 1. The lowest BCUT2D eigenvalue weighted by atomic mass is 10.0. The van der Waals surface area contributed by atoms with Crippen LogP contribution in [-0.2, 0) is 14.4 Å². The lowest BCUT2D eigenvalue weighted by Gasteiger charge is -2.21. The summed E-state index contributed by atoms with van der Waals surface area (Å²) in [7, 11) is 0. The maximum Gasteiger partial charge on any atom is 0.335 e. The third-order valence-corrected chi connectivity index (χ3v) is 3.32. The normalized spacial score (nSPS) is 15.1. The number of aliphatic hydroxyl groups is 4. The molecule has 6 N–H and O–H groups in total. The highest BCUT2D eigenvalue weighted by Gasteiger charge is 2.33. The van der Waals surface area contributed by atoms with Crippen LogP contribution in [0.1, 0.15) is 52.4 Å². The lowest BCUT2D eigenvalue weighted by Crippen LogP contribution is -2.48. The maximum atomic E-state index is 10.5. The summed E-state index contributed by atoms with van der Waals surface area (Å²) < 4.78 is 0. The summed E-state index contributed by atoms with van der Waals surface area (Å²) in [6, 6.07) is 0. The molecule has 0 bridgehead atoms. The second-order valence-electron chi connectivity index (χ2n) is 5.64. The number of carbonyl (C=O) groups is 3. The molecule has 0 saturated carbocycles. The van der Waals surface area contributed by atoms with Gasteiger partial charge >= 0.3 is 5.97 Å². The molecule has 0 heterocycles. The topological polar surface area (TPSA) is 164 Å². The third kappa shape index (κ3) is 14.5. The third-order valence-electron chi connectivity index (χ3n) is 3.32. The minimum atomic E-state index is -2.25. The molecule has 9 heteroatoms. The highest BCUT2D eigenvalue weighted by atomic mass is 16.4. The van der Waals surface area contributed by atoms with Crippen molar-refractivity contribution in [3.8, 4) is 0 Å². The molecule has 0 aliphatic heterocycles. The number of carbonyl (C=O) groups excluding carboxylic acids is 2. The molecule has 0 aromatic carbocycles. The van der Waals surface area contributed by atoms with E-state index in [1.165, 1.54) is 32.1 Å². The maximum absolute atomic E-state index is 10.5. The number of carboxylic acids is 1. The van der Waals surface area contributed by atoms with Crippen molar-refractivity contribution in [1.29, 1.82) is 0 Å². The van der Waals surface area contributed by atoms with Crippen LogP contribution in [0.25, 0.3) is 0 Å². The Bertz CT molecular complexity index is 377. The van der Waals surface area contributed by atoms with Crippen LogP contribution in [0, 0.1) is 0 Å². The molecule has 0 aromatic heterocycles. The van der Waals surface area contributed by atoms with Gasteiger partial charge in [0.2, 0.25) is 5.91 Å². The Hall–Kier alpha value is -1.55. The zero-order valence-electron chi connectivity index (χ0n) is 14.8.